The van der Waals surface area contributed by atoms with E-state index in [9.17, 15) is 0 Å². The standard InChI is InChI=1S/C11H23NS/c1-6-11(7-2,13-5)9-12-8-10(3)4/h12H,3,6-9H2,1-2,4-5H3. The first-order valence-electron chi connectivity index (χ1n) is 5.00. The Labute approximate surface area is 87.4 Å². The van der Waals surface area contributed by atoms with E-state index in [-0.39, 0.29) is 0 Å². The summed E-state index contributed by atoms with van der Waals surface area (Å²) >= 11 is 1.98. The molecule has 1 N–H and O–H groups in total. The van der Waals surface area contributed by atoms with Gasteiger partial charge in [-0.25, -0.2) is 0 Å². The van der Waals surface area contributed by atoms with E-state index in [1.54, 1.807) is 0 Å². The molecule has 0 aromatic rings. The van der Waals surface area contributed by atoms with Crippen molar-refractivity contribution in [2.24, 2.45) is 0 Å². The van der Waals surface area contributed by atoms with Crippen LogP contribution in [-0.2, 0) is 0 Å². The zero-order valence-corrected chi connectivity index (χ0v) is 10.3. The SMILES string of the molecule is C=C(C)CNCC(CC)(CC)SC. The van der Waals surface area contributed by atoms with Crippen molar-refractivity contribution in [3.8, 4) is 0 Å². The molecular weight excluding hydrogens is 178 g/mol. The van der Waals surface area contributed by atoms with Gasteiger partial charge in [0.2, 0.25) is 0 Å². The molecule has 0 aliphatic carbocycles. The van der Waals surface area contributed by atoms with Crippen molar-refractivity contribution >= 4 is 11.8 Å². The lowest BCUT2D eigenvalue weighted by Crippen LogP contribution is -2.37. The third-order valence-electron chi connectivity index (χ3n) is 2.60. The molecule has 0 unspecified atom stereocenters. The van der Waals surface area contributed by atoms with Gasteiger partial charge in [0.15, 0.2) is 0 Å². The summed E-state index contributed by atoms with van der Waals surface area (Å²) in [6, 6.07) is 0. The zero-order valence-electron chi connectivity index (χ0n) is 9.44. The fourth-order valence-electron chi connectivity index (χ4n) is 1.36. The van der Waals surface area contributed by atoms with Gasteiger partial charge in [-0.15, -0.1) is 0 Å². The maximum atomic E-state index is 3.88. The molecule has 0 aromatic heterocycles. The van der Waals surface area contributed by atoms with Crippen LogP contribution in [0.15, 0.2) is 12.2 Å². The van der Waals surface area contributed by atoms with Crippen molar-refractivity contribution in [1.29, 1.82) is 0 Å². The van der Waals surface area contributed by atoms with E-state index in [1.807, 2.05) is 11.8 Å². The molecule has 0 aliphatic heterocycles. The third-order valence-corrected chi connectivity index (χ3v) is 4.18. The number of hydrogen-bond acceptors (Lipinski definition) is 2. The van der Waals surface area contributed by atoms with Crippen molar-refractivity contribution in [3.05, 3.63) is 12.2 Å². The second-order valence-electron chi connectivity index (χ2n) is 3.65. The number of rotatable bonds is 7. The molecule has 0 saturated heterocycles. The third kappa shape index (κ3) is 4.72. The first kappa shape index (κ1) is 13.1. The molecule has 0 bridgehead atoms. The summed E-state index contributed by atoms with van der Waals surface area (Å²) < 4.78 is 0.426. The molecule has 0 heterocycles. The van der Waals surface area contributed by atoms with E-state index in [0.29, 0.717) is 4.75 Å². The van der Waals surface area contributed by atoms with Crippen LogP contribution in [-0.4, -0.2) is 24.1 Å². The Morgan fingerprint density at radius 3 is 2.23 bits per heavy atom. The summed E-state index contributed by atoms with van der Waals surface area (Å²) in [4.78, 5) is 0. The van der Waals surface area contributed by atoms with E-state index in [2.05, 4.69) is 38.9 Å². The Morgan fingerprint density at radius 2 is 1.92 bits per heavy atom. The average Bonchev–Trinajstić information content (AvgIpc) is 2.13. The smallest absolute Gasteiger partial charge is 0.0276 e. The molecule has 0 saturated carbocycles. The predicted molar refractivity (Wildman–Crippen MR) is 64.5 cm³/mol. The lowest BCUT2D eigenvalue weighted by atomic mass is 10.0. The highest BCUT2D eigenvalue weighted by molar-refractivity contribution is 8.00. The van der Waals surface area contributed by atoms with Crippen molar-refractivity contribution in [2.75, 3.05) is 19.3 Å². The summed E-state index contributed by atoms with van der Waals surface area (Å²) in [6.07, 6.45) is 4.66. The van der Waals surface area contributed by atoms with Crippen LogP contribution in [0, 0.1) is 0 Å². The highest BCUT2D eigenvalue weighted by Crippen LogP contribution is 2.29. The normalized spacial score (nSPS) is 11.7. The van der Waals surface area contributed by atoms with Crippen LogP contribution in [0.4, 0.5) is 0 Å². The van der Waals surface area contributed by atoms with Crippen LogP contribution in [0.1, 0.15) is 33.6 Å². The van der Waals surface area contributed by atoms with Gasteiger partial charge in [0.1, 0.15) is 0 Å². The van der Waals surface area contributed by atoms with Crippen molar-refractivity contribution in [2.45, 2.75) is 38.4 Å². The quantitative estimate of drug-likeness (QED) is 0.635. The second kappa shape index (κ2) is 6.50. The molecule has 1 nitrogen and oxygen atoms in total. The summed E-state index contributed by atoms with van der Waals surface area (Å²) in [5.74, 6) is 0. The Hall–Kier alpha value is 0.0500. The fourth-order valence-corrected chi connectivity index (χ4v) is 2.19. The van der Waals surface area contributed by atoms with Gasteiger partial charge in [-0.1, -0.05) is 26.0 Å². The Balaban J connectivity index is 3.88. The predicted octanol–water partition coefficient (Wildman–Crippen LogP) is 3.07. The van der Waals surface area contributed by atoms with Crippen molar-refractivity contribution in [1.82, 2.24) is 5.32 Å². The van der Waals surface area contributed by atoms with Gasteiger partial charge < -0.3 is 5.32 Å². The molecule has 78 valence electrons. The van der Waals surface area contributed by atoms with Crippen molar-refractivity contribution < 1.29 is 0 Å². The maximum Gasteiger partial charge on any atom is 0.0276 e. The molecule has 0 amide bonds. The van der Waals surface area contributed by atoms with Crippen LogP contribution in [0.2, 0.25) is 0 Å². The zero-order chi connectivity index (χ0) is 10.3. The van der Waals surface area contributed by atoms with Gasteiger partial charge >= 0.3 is 0 Å². The highest BCUT2D eigenvalue weighted by Gasteiger charge is 2.23. The Kier molecular flexibility index (Phi) is 6.52. The minimum Gasteiger partial charge on any atom is -0.312 e. The number of thioether (sulfide) groups is 1. The average molecular weight is 201 g/mol. The van der Waals surface area contributed by atoms with E-state index in [1.165, 1.54) is 18.4 Å². The molecule has 0 radical (unpaired) electrons. The van der Waals surface area contributed by atoms with Crippen LogP contribution < -0.4 is 5.32 Å². The van der Waals surface area contributed by atoms with E-state index in [4.69, 9.17) is 0 Å². The van der Waals surface area contributed by atoms with Gasteiger partial charge in [-0.3, -0.25) is 0 Å². The van der Waals surface area contributed by atoms with Gasteiger partial charge in [0.05, 0.1) is 0 Å². The molecular formula is C11H23NS. The van der Waals surface area contributed by atoms with Gasteiger partial charge in [0, 0.05) is 17.8 Å². The molecule has 2 heteroatoms. The van der Waals surface area contributed by atoms with Crippen molar-refractivity contribution in [3.63, 3.8) is 0 Å². The molecule has 0 aliphatic rings. The summed E-state index contributed by atoms with van der Waals surface area (Å²) in [7, 11) is 0. The summed E-state index contributed by atoms with van der Waals surface area (Å²) in [5, 5.41) is 3.46. The van der Waals surface area contributed by atoms with E-state index >= 15 is 0 Å². The first-order valence-corrected chi connectivity index (χ1v) is 6.23. The highest BCUT2D eigenvalue weighted by atomic mass is 32.2. The summed E-state index contributed by atoms with van der Waals surface area (Å²) in [6.45, 7) is 12.5. The van der Waals surface area contributed by atoms with Crippen LogP contribution >= 0.6 is 11.8 Å². The van der Waals surface area contributed by atoms with Crippen LogP contribution in [0.5, 0.6) is 0 Å². The second-order valence-corrected chi connectivity index (χ2v) is 4.93. The lowest BCUT2D eigenvalue weighted by molar-refractivity contribution is 0.507. The minimum absolute atomic E-state index is 0.426. The fraction of sp³-hybridized carbons (Fsp3) is 0.818. The maximum absolute atomic E-state index is 3.88. The number of hydrogen-bond donors (Lipinski definition) is 1. The molecule has 0 spiro atoms. The van der Waals surface area contributed by atoms with Gasteiger partial charge in [0.25, 0.3) is 0 Å². The monoisotopic (exact) mass is 201 g/mol. The van der Waals surface area contributed by atoms with Crippen LogP contribution in [0.3, 0.4) is 0 Å². The Bertz CT molecular complexity index is 142. The molecule has 0 rings (SSSR count). The summed E-state index contributed by atoms with van der Waals surface area (Å²) in [5.41, 5.74) is 1.21. The Morgan fingerprint density at radius 1 is 1.38 bits per heavy atom. The minimum atomic E-state index is 0.426. The number of nitrogens with one attached hydrogen (secondary N) is 1. The lowest BCUT2D eigenvalue weighted by Gasteiger charge is -2.30. The molecule has 13 heavy (non-hydrogen) atoms. The van der Waals surface area contributed by atoms with E-state index in [0.717, 1.165) is 13.1 Å². The molecule has 0 aromatic carbocycles. The molecule has 0 atom stereocenters. The topological polar surface area (TPSA) is 12.0 Å². The van der Waals surface area contributed by atoms with Gasteiger partial charge in [-0.2, -0.15) is 11.8 Å². The van der Waals surface area contributed by atoms with E-state index < -0.39 is 0 Å². The molecule has 0 fully saturated rings. The van der Waals surface area contributed by atoms with Gasteiger partial charge in [-0.05, 0) is 26.0 Å². The van der Waals surface area contributed by atoms with Crippen LogP contribution in [0.25, 0.3) is 0 Å². The first-order chi connectivity index (χ1) is 6.10. The largest absolute Gasteiger partial charge is 0.312 e.